The van der Waals surface area contributed by atoms with Gasteiger partial charge in [-0.05, 0) is 74.4 Å². The van der Waals surface area contributed by atoms with E-state index in [1.165, 1.54) is 5.56 Å². The zero-order valence-corrected chi connectivity index (χ0v) is 18.6. The summed E-state index contributed by atoms with van der Waals surface area (Å²) in [6, 6.07) is 21.2. The van der Waals surface area contributed by atoms with Gasteiger partial charge in [0.05, 0.1) is 0 Å². The molecule has 0 atom stereocenters. The number of urea groups is 1. The van der Waals surface area contributed by atoms with E-state index in [4.69, 9.17) is 0 Å². The van der Waals surface area contributed by atoms with Gasteiger partial charge in [0.1, 0.15) is 0 Å². The highest BCUT2D eigenvalue weighted by atomic mass is 16.2. The minimum atomic E-state index is -0.330. The van der Waals surface area contributed by atoms with Crippen molar-refractivity contribution in [3.63, 3.8) is 0 Å². The molecule has 4 rings (SSSR count). The van der Waals surface area contributed by atoms with Gasteiger partial charge in [-0.3, -0.25) is 9.59 Å². The van der Waals surface area contributed by atoms with E-state index in [0.29, 0.717) is 29.0 Å². The molecule has 0 fully saturated rings. The maximum atomic E-state index is 13.0. The van der Waals surface area contributed by atoms with Gasteiger partial charge in [0.25, 0.3) is 11.8 Å². The first-order valence-corrected chi connectivity index (χ1v) is 10.9. The van der Waals surface area contributed by atoms with Crippen LogP contribution < -0.4 is 20.9 Å². The molecule has 0 aliphatic carbocycles. The van der Waals surface area contributed by atoms with Crippen molar-refractivity contribution in [1.82, 2.24) is 5.32 Å². The van der Waals surface area contributed by atoms with Crippen LogP contribution in [0.2, 0.25) is 0 Å². The van der Waals surface area contributed by atoms with Crippen LogP contribution in [0.15, 0.2) is 72.8 Å². The minimum absolute atomic E-state index is 0.00606. The second kappa shape index (κ2) is 9.56. The van der Waals surface area contributed by atoms with E-state index in [0.717, 1.165) is 12.1 Å². The van der Waals surface area contributed by atoms with Crippen molar-refractivity contribution in [3.8, 4) is 0 Å². The average molecular weight is 443 g/mol. The second-order valence-corrected chi connectivity index (χ2v) is 8.20. The third kappa shape index (κ3) is 5.20. The molecule has 0 radical (unpaired) electrons. The first-order chi connectivity index (χ1) is 15.9. The predicted octanol–water partition coefficient (Wildman–Crippen LogP) is 4.67. The Morgan fingerprint density at radius 2 is 1.58 bits per heavy atom. The number of nitrogens with one attached hydrogen (secondary N) is 3. The number of nitrogens with zero attached hydrogens (tertiary/aromatic N) is 1. The van der Waals surface area contributed by atoms with Gasteiger partial charge in [0, 0.05) is 40.8 Å². The predicted molar refractivity (Wildman–Crippen MR) is 130 cm³/mol. The lowest BCUT2D eigenvalue weighted by atomic mass is 10.1. The van der Waals surface area contributed by atoms with Crippen LogP contribution in [0, 0.1) is 0 Å². The lowest BCUT2D eigenvalue weighted by Gasteiger charge is -2.17. The average Bonchev–Trinajstić information content (AvgIpc) is 3.23. The first kappa shape index (κ1) is 22.1. The van der Waals surface area contributed by atoms with Crippen LogP contribution >= 0.6 is 0 Å². The normalized spacial score (nSPS) is 12.3. The van der Waals surface area contributed by atoms with Gasteiger partial charge in [-0.15, -0.1) is 0 Å². The maximum absolute atomic E-state index is 13.0. The number of anilines is 3. The van der Waals surface area contributed by atoms with E-state index in [1.54, 1.807) is 53.4 Å². The molecular formula is C26H26N4O3. The summed E-state index contributed by atoms with van der Waals surface area (Å²) in [7, 11) is 0. The van der Waals surface area contributed by atoms with Crippen LogP contribution in [0.5, 0.6) is 0 Å². The minimum Gasteiger partial charge on any atom is -0.336 e. The summed E-state index contributed by atoms with van der Waals surface area (Å²) >= 11 is 0. The zero-order chi connectivity index (χ0) is 23.4. The lowest BCUT2D eigenvalue weighted by molar-refractivity contribution is 0.0988. The summed E-state index contributed by atoms with van der Waals surface area (Å²) in [5, 5.41) is 8.28. The fourth-order valence-corrected chi connectivity index (χ4v) is 3.77. The maximum Gasteiger partial charge on any atom is 0.319 e. The number of hydrogen-bond donors (Lipinski definition) is 3. The molecule has 0 saturated carbocycles. The Bertz CT molecular complexity index is 1190. The van der Waals surface area contributed by atoms with Crippen LogP contribution in [0.1, 0.15) is 40.1 Å². The molecule has 3 N–H and O–H groups in total. The number of hydrogen-bond acceptors (Lipinski definition) is 3. The summed E-state index contributed by atoms with van der Waals surface area (Å²) in [6.07, 6.45) is 0.850. The summed E-state index contributed by atoms with van der Waals surface area (Å²) in [5.41, 5.74) is 4.20. The summed E-state index contributed by atoms with van der Waals surface area (Å²) in [6.45, 7) is 4.40. The highest BCUT2D eigenvalue weighted by Gasteiger charge is 2.25. The van der Waals surface area contributed by atoms with Crippen molar-refractivity contribution in [1.29, 1.82) is 0 Å². The summed E-state index contributed by atoms with van der Waals surface area (Å²) < 4.78 is 0. The van der Waals surface area contributed by atoms with Gasteiger partial charge in [0.15, 0.2) is 0 Å². The van der Waals surface area contributed by atoms with Gasteiger partial charge >= 0.3 is 6.03 Å². The molecule has 0 bridgehead atoms. The molecule has 3 aromatic rings. The number of para-hydroxylation sites is 1. The molecule has 168 valence electrons. The Morgan fingerprint density at radius 3 is 2.33 bits per heavy atom. The fraction of sp³-hybridized carbons (Fsp3) is 0.192. The first-order valence-electron chi connectivity index (χ1n) is 10.9. The van der Waals surface area contributed by atoms with Gasteiger partial charge in [-0.1, -0.05) is 24.3 Å². The Labute approximate surface area is 192 Å². The second-order valence-electron chi connectivity index (χ2n) is 8.20. The number of fused-ring (bicyclic) bond motifs is 1. The Balaban J connectivity index is 1.40. The molecule has 0 spiro atoms. The summed E-state index contributed by atoms with van der Waals surface area (Å²) in [4.78, 5) is 39.3. The molecule has 0 saturated heterocycles. The van der Waals surface area contributed by atoms with Crippen LogP contribution in [0.25, 0.3) is 0 Å². The van der Waals surface area contributed by atoms with Crippen molar-refractivity contribution in [2.45, 2.75) is 26.3 Å². The van der Waals surface area contributed by atoms with Gasteiger partial charge in [0.2, 0.25) is 0 Å². The zero-order valence-electron chi connectivity index (χ0n) is 18.6. The molecule has 1 aliphatic rings. The Morgan fingerprint density at radius 1 is 0.818 bits per heavy atom. The van der Waals surface area contributed by atoms with E-state index in [1.807, 2.05) is 38.1 Å². The highest BCUT2D eigenvalue weighted by molar-refractivity contribution is 6.08. The van der Waals surface area contributed by atoms with Crippen molar-refractivity contribution < 1.29 is 14.4 Å². The van der Waals surface area contributed by atoms with E-state index in [-0.39, 0.29) is 23.9 Å². The molecule has 4 amide bonds. The third-order valence-electron chi connectivity index (χ3n) is 5.32. The lowest BCUT2D eigenvalue weighted by Crippen LogP contribution is -2.34. The van der Waals surface area contributed by atoms with Crippen molar-refractivity contribution >= 4 is 34.9 Å². The topological polar surface area (TPSA) is 90.5 Å². The molecule has 33 heavy (non-hydrogen) atoms. The van der Waals surface area contributed by atoms with Crippen LogP contribution in [0.4, 0.5) is 21.9 Å². The summed E-state index contributed by atoms with van der Waals surface area (Å²) in [5.74, 6) is -0.369. The smallest absolute Gasteiger partial charge is 0.319 e. The fourth-order valence-electron chi connectivity index (χ4n) is 3.77. The van der Waals surface area contributed by atoms with E-state index >= 15 is 0 Å². The molecule has 0 unspecified atom stereocenters. The van der Waals surface area contributed by atoms with Gasteiger partial charge < -0.3 is 20.9 Å². The number of rotatable bonds is 5. The van der Waals surface area contributed by atoms with E-state index < -0.39 is 0 Å². The Kier molecular flexibility index (Phi) is 6.40. The van der Waals surface area contributed by atoms with Crippen LogP contribution in [-0.2, 0) is 6.42 Å². The largest absolute Gasteiger partial charge is 0.336 e. The quantitative estimate of drug-likeness (QED) is 0.536. The van der Waals surface area contributed by atoms with Gasteiger partial charge in [-0.25, -0.2) is 4.79 Å². The monoisotopic (exact) mass is 442 g/mol. The van der Waals surface area contributed by atoms with Crippen LogP contribution in [0.3, 0.4) is 0 Å². The molecule has 1 heterocycles. The molecule has 3 aromatic carbocycles. The molecular weight excluding hydrogens is 416 g/mol. The molecule has 7 heteroatoms. The molecule has 7 nitrogen and oxygen atoms in total. The standard InChI is InChI=1S/C26H26N4O3/c1-17(2)27-26(33)29-22-8-5-7-20(16-22)24(31)28-21-12-10-19(11-13-21)25(32)30-15-14-18-6-3-4-9-23(18)30/h3-13,16-17H,14-15H2,1-2H3,(H,28,31)(H2,27,29,33). The number of benzene rings is 3. The third-order valence-corrected chi connectivity index (χ3v) is 5.32. The van der Waals surface area contributed by atoms with Crippen molar-refractivity contribution in [2.75, 3.05) is 22.1 Å². The number of carbonyl (C=O) groups is 3. The Hall–Kier alpha value is -4.13. The van der Waals surface area contributed by atoms with Gasteiger partial charge in [-0.2, -0.15) is 0 Å². The van der Waals surface area contributed by atoms with E-state index in [9.17, 15) is 14.4 Å². The van der Waals surface area contributed by atoms with E-state index in [2.05, 4.69) is 16.0 Å². The molecule has 1 aliphatic heterocycles. The van der Waals surface area contributed by atoms with Crippen molar-refractivity contribution in [3.05, 3.63) is 89.5 Å². The number of amides is 4. The van der Waals surface area contributed by atoms with Crippen molar-refractivity contribution in [2.24, 2.45) is 0 Å². The molecule has 0 aromatic heterocycles. The highest BCUT2D eigenvalue weighted by Crippen LogP contribution is 2.29. The SMILES string of the molecule is CC(C)NC(=O)Nc1cccc(C(=O)Nc2ccc(C(=O)N3CCc4ccccc43)cc2)c1. The number of carbonyl (C=O) groups excluding carboxylic acids is 3. The van der Waals surface area contributed by atoms with Crippen LogP contribution in [-0.4, -0.2) is 30.4 Å².